The van der Waals surface area contributed by atoms with E-state index in [0.29, 0.717) is 0 Å². The molecule has 1 heterocycles. The zero-order valence-electron chi connectivity index (χ0n) is 18.0. The van der Waals surface area contributed by atoms with Gasteiger partial charge in [-0.2, -0.15) is 8.42 Å². The molecular weight excluding hydrogens is 458 g/mol. The number of nitrogens with one attached hydrogen (secondary N) is 1. The van der Waals surface area contributed by atoms with Gasteiger partial charge in [-0.1, -0.05) is 0 Å². The van der Waals surface area contributed by atoms with E-state index in [4.69, 9.17) is 23.7 Å². The minimum atomic E-state index is -3.96. The number of ether oxygens (including phenoxy) is 5. The summed E-state index contributed by atoms with van der Waals surface area (Å²) in [5.74, 6) is -4.22. The van der Waals surface area contributed by atoms with Crippen molar-refractivity contribution < 1.29 is 60.3 Å². The maximum Gasteiger partial charge on any atom is 0.305 e. The zero-order chi connectivity index (χ0) is 24.6. The van der Waals surface area contributed by atoms with E-state index in [1.165, 1.54) is 0 Å². The van der Waals surface area contributed by atoms with Crippen molar-refractivity contribution in [1.29, 1.82) is 0 Å². The number of hydrogen-bond donors (Lipinski definition) is 1. The van der Waals surface area contributed by atoms with Gasteiger partial charge in [0.05, 0.1) is 6.26 Å². The summed E-state index contributed by atoms with van der Waals surface area (Å²) >= 11 is 0. The molecule has 0 aromatic carbocycles. The summed E-state index contributed by atoms with van der Waals surface area (Å²) in [7, 11) is -3.96. The Labute approximate surface area is 183 Å². The van der Waals surface area contributed by atoms with Crippen molar-refractivity contribution in [1.82, 2.24) is 5.32 Å². The van der Waals surface area contributed by atoms with Crippen LogP contribution in [0.5, 0.6) is 0 Å². The van der Waals surface area contributed by atoms with Crippen molar-refractivity contribution in [2.75, 3.05) is 19.5 Å². The predicted molar refractivity (Wildman–Crippen MR) is 101 cm³/mol. The van der Waals surface area contributed by atoms with E-state index in [-0.39, 0.29) is 0 Å². The molecule has 1 aliphatic heterocycles. The molecule has 5 atom stereocenters. The molecular formula is C17H25NO13S. The van der Waals surface area contributed by atoms with E-state index in [0.717, 1.165) is 34.0 Å². The highest BCUT2D eigenvalue weighted by Crippen LogP contribution is 2.28. The fourth-order valence-electron chi connectivity index (χ4n) is 2.71. The van der Waals surface area contributed by atoms with Gasteiger partial charge in [0.15, 0.2) is 12.2 Å². The molecule has 0 aromatic heterocycles. The highest BCUT2D eigenvalue weighted by Gasteiger charge is 2.52. The van der Waals surface area contributed by atoms with Gasteiger partial charge in [0.1, 0.15) is 25.4 Å². The standard InChI is InChI=1S/C17H25NO13S/c1-8(19)26-6-12-15(28-9(2)20)16(29-10(3)21)14(17(31-12)30-11(4)22)18-13(23)7-27-32(5,24)25/h12,14-17H,6-7H2,1-5H3,(H,18,23)/t12?,14-,15+,16?,17?/m1/s1. The third-order valence-corrected chi connectivity index (χ3v) is 4.26. The third kappa shape index (κ3) is 9.57. The van der Waals surface area contributed by atoms with Crippen LogP contribution in [0.1, 0.15) is 27.7 Å². The van der Waals surface area contributed by atoms with Gasteiger partial charge in [-0.3, -0.25) is 28.2 Å². The maximum absolute atomic E-state index is 12.2. The molecule has 0 spiro atoms. The van der Waals surface area contributed by atoms with Gasteiger partial charge in [0, 0.05) is 27.7 Å². The zero-order valence-corrected chi connectivity index (χ0v) is 18.8. The van der Waals surface area contributed by atoms with Gasteiger partial charge in [0.2, 0.25) is 12.2 Å². The second-order valence-electron chi connectivity index (χ2n) is 6.66. The first kappa shape index (κ1) is 27.3. The van der Waals surface area contributed by atoms with Crippen LogP contribution in [0.2, 0.25) is 0 Å². The molecule has 1 aliphatic rings. The Balaban J connectivity index is 3.31. The van der Waals surface area contributed by atoms with E-state index < -0.39 is 83.8 Å². The summed E-state index contributed by atoms with van der Waals surface area (Å²) < 4.78 is 52.5. The fourth-order valence-corrected chi connectivity index (χ4v) is 3.03. The molecule has 0 bridgehead atoms. The van der Waals surface area contributed by atoms with E-state index in [2.05, 4.69) is 9.50 Å². The highest BCUT2D eigenvalue weighted by molar-refractivity contribution is 7.86. The Bertz CT molecular complexity index is 839. The average molecular weight is 483 g/mol. The Hall–Kier alpha value is -2.78. The molecule has 1 amide bonds. The van der Waals surface area contributed by atoms with E-state index in [9.17, 15) is 32.4 Å². The number of esters is 4. The molecule has 1 N–H and O–H groups in total. The lowest BCUT2D eigenvalue weighted by Gasteiger charge is -2.44. The van der Waals surface area contributed by atoms with Crippen LogP contribution in [0, 0.1) is 0 Å². The Morgan fingerprint density at radius 1 is 0.844 bits per heavy atom. The van der Waals surface area contributed by atoms with Gasteiger partial charge in [-0.25, -0.2) is 0 Å². The minimum absolute atomic E-state index is 0.472. The first-order valence-corrected chi connectivity index (χ1v) is 11.0. The van der Waals surface area contributed by atoms with Crippen LogP contribution >= 0.6 is 0 Å². The fraction of sp³-hybridized carbons (Fsp3) is 0.706. The van der Waals surface area contributed by atoms with Crippen molar-refractivity contribution in [2.24, 2.45) is 0 Å². The highest BCUT2D eigenvalue weighted by atomic mass is 32.2. The lowest BCUT2D eigenvalue weighted by Crippen LogP contribution is -2.67. The van der Waals surface area contributed by atoms with Crippen LogP contribution < -0.4 is 5.32 Å². The molecule has 1 saturated heterocycles. The Kier molecular flexibility index (Phi) is 9.99. The second kappa shape index (κ2) is 11.7. The molecule has 32 heavy (non-hydrogen) atoms. The number of rotatable bonds is 9. The molecule has 15 heteroatoms. The molecule has 182 valence electrons. The molecule has 0 aliphatic carbocycles. The van der Waals surface area contributed by atoms with Gasteiger partial charge in [-0.15, -0.1) is 0 Å². The number of carbonyl (C=O) groups is 5. The van der Waals surface area contributed by atoms with E-state index >= 15 is 0 Å². The normalized spacial score (nSPS) is 25.2. The van der Waals surface area contributed by atoms with Crippen LogP contribution in [0.4, 0.5) is 0 Å². The minimum Gasteiger partial charge on any atom is -0.463 e. The van der Waals surface area contributed by atoms with E-state index in [1.54, 1.807) is 0 Å². The van der Waals surface area contributed by atoms with Gasteiger partial charge in [-0.05, 0) is 0 Å². The predicted octanol–water partition coefficient (Wildman–Crippen LogP) is -1.84. The number of amides is 1. The smallest absolute Gasteiger partial charge is 0.305 e. The van der Waals surface area contributed by atoms with Crippen LogP contribution in [0.3, 0.4) is 0 Å². The lowest BCUT2D eigenvalue weighted by atomic mass is 9.96. The first-order chi connectivity index (χ1) is 14.7. The maximum atomic E-state index is 12.2. The van der Waals surface area contributed by atoms with Gasteiger partial charge >= 0.3 is 23.9 Å². The van der Waals surface area contributed by atoms with E-state index in [1.807, 2.05) is 0 Å². The van der Waals surface area contributed by atoms with Crippen molar-refractivity contribution in [3.05, 3.63) is 0 Å². The molecule has 0 saturated carbocycles. The van der Waals surface area contributed by atoms with Gasteiger partial charge in [0.25, 0.3) is 10.1 Å². The summed E-state index contributed by atoms with van der Waals surface area (Å²) in [4.78, 5) is 58.4. The molecule has 3 unspecified atom stereocenters. The quantitative estimate of drug-likeness (QED) is 0.219. The third-order valence-electron chi connectivity index (χ3n) is 3.72. The lowest BCUT2D eigenvalue weighted by molar-refractivity contribution is -0.271. The summed E-state index contributed by atoms with van der Waals surface area (Å²) in [6.45, 7) is 2.83. The summed E-state index contributed by atoms with van der Waals surface area (Å²) in [5.41, 5.74) is 0. The van der Waals surface area contributed by atoms with Crippen molar-refractivity contribution in [2.45, 2.75) is 58.3 Å². The molecule has 1 fully saturated rings. The molecule has 1 rings (SSSR count). The topological polar surface area (TPSA) is 187 Å². The molecule has 14 nitrogen and oxygen atoms in total. The Morgan fingerprint density at radius 3 is 1.84 bits per heavy atom. The first-order valence-electron chi connectivity index (χ1n) is 9.14. The SMILES string of the molecule is CC(=O)OCC1OC(OC(C)=O)[C@H](NC(=O)COS(C)(=O)=O)C(OC(C)=O)[C@H]1OC(C)=O. The van der Waals surface area contributed by atoms with Gasteiger partial charge < -0.3 is 29.0 Å². The second-order valence-corrected chi connectivity index (χ2v) is 8.31. The van der Waals surface area contributed by atoms with Crippen LogP contribution in [0.15, 0.2) is 0 Å². The number of hydrogen-bond acceptors (Lipinski definition) is 13. The monoisotopic (exact) mass is 483 g/mol. The van der Waals surface area contributed by atoms with Crippen molar-refractivity contribution in [3.8, 4) is 0 Å². The largest absolute Gasteiger partial charge is 0.463 e. The van der Waals surface area contributed by atoms with Crippen LogP contribution in [-0.2, 0) is 62.0 Å². The van der Waals surface area contributed by atoms with Crippen LogP contribution in [-0.4, -0.2) is 88.3 Å². The Morgan fingerprint density at radius 2 is 1.38 bits per heavy atom. The number of carbonyl (C=O) groups excluding carboxylic acids is 5. The summed E-state index contributed by atoms with van der Waals surface area (Å²) in [6.07, 6.45) is -4.99. The van der Waals surface area contributed by atoms with Crippen molar-refractivity contribution in [3.63, 3.8) is 0 Å². The molecule has 0 radical (unpaired) electrons. The summed E-state index contributed by atoms with van der Waals surface area (Å²) in [6, 6.07) is -1.45. The summed E-state index contributed by atoms with van der Waals surface area (Å²) in [5, 5.41) is 2.28. The molecule has 0 aromatic rings. The average Bonchev–Trinajstić information content (AvgIpc) is 2.61. The van der Waals surface area contributed by atoms with Crippen LogP contribution in [0.25, 0.3) is 0 Å². The van der Waals surface area contributed by atoms with Crippen molar-refractivity contribution >= 4 is 39.9 Å².